The number of hydrogen-bond acceptors (Lipinski definition) is 5. The number of aromatic nitrogens is 3. The van der Waals surface area contributed by atoms with Crippen LogP contribution in [0.4, 0.5) is 5.69 Å². The first-order valence-electron chi connectivity index (χ1n) is 6.58. The molecule has 0 aliphatic carbocycles. The van der Waals surface area contributed by atoms with Gasteiger partial charge >= 0.3 is 0 Å². The molecule has 0 aliphatic heterocycles. The number of sulfonamides is 1. The second kappa shape index (κ2) is 6.23. The second-order valence-corrected chi connectivity index (χ2v) is 6.85. The minimum atomic E-state index is -3.38. The third-order valence-electron chi connectivity index (χ3n) is 3.12. The van der Waals surface area contributed by atoms with Crippen LogP contribution in [0, 0.1) is 0 Å². The quantitative estimate of drug-likeness (QED) is 0.866. The van der Waals surface area contributed by atoms with Gasteiger partial charge in [0.2, 0.25) is 10.0 Å². The lowest BCUT2D eigenvalue weighted by Gasteiger charge is -2.12. The molecule has 1 aromatic carbocycles. The Hall–Kier alpha value is -1.93. The van der Waals surface area contributed by atoms with Crippen LogP contribution in [0.2, 0.25) is 0 Å². The van der Waals surface area contributed by atoms with Crippen LogP contribution < -0.4 is 5.32 Å². The molecular weight excluding hydrogens is 290 g/mol. The molecule has 2 rings (SSSR count). The molecule has 1 heterocycles. The molecular formula is C13H19N5O2S. The van der Waals surface area contributed by atoms with E-state index in [0.717, 1.165) is 18.1 Å². The summed E-state index contributed by atoms with van der Waals surface area (Å²) < 4.78 is 27.0. The zero-order valence-electron chi connectivity index (χ0n) is 12.3. The maximum atomic E-state index is 12.0. The topological polar surface area (TPSA) is 80.1 Å². The number of anilines is 1. The summed E-state index contributed by atoms with van der Waals surface area (Å²) in [5.74, 6) is 0.836. The molecule has 0 atom stereocenters. The van der Waals surface area contributed by atoms with Crippen molar-refractivity contribution in [3.63, 3.8) is 0 Å². The highest BCUT2D eigenvalue weighted by atomic mass is 32.2. The van der Waals surface area contributed by atoms with E-state index in [1.807, 2.05) is 11.5 Å². The third kappa shape index (κ3) is 3.40. The van der Waals surface area contributed by atoms with Gasteiger partial charge in [0.1, 0.15) is 6.33 Å². The van der Waals surface area contributed by atoms with Crippen molar-refractivity contribution >= 4 is 15.7 Å². The molecule has 8 heteroatoms. The highest BCUT2D eigenvalue weighted by Crippen LogP contribution is 2.17. The van der Waals surface area contributed by atoms with Gasteiger partial charge in [0.15, 0.2) is 5.82 Å². The molecule has 0 unspecified atom stereocenters. The number of aryl methyl sites for hydroxylation is 1. The Morgan fingerprint density at radius 1 is 1.24 bits per heavy atom. The van der Waals surface area contributed by atoms with Gasteiger partial charge in [0.25, 0.3) is 0 Å². The van der Waals surface area contributed by atoms with Gasteiger partial charge in [-0.05, 0) is 31.2 Å². The number of benzene rings is 1. The molecule has 7 nitrogen and oxygen atoms in total. The van der Waals surface area contributed by atoms with Crippen molar-refractivity contribution in [3.8, 4) is 0 Å². The largest absolute Gasteiger partial charge is 0.378 e. The smallest absolute Gasteiger partial charge is 0.242 e. The Balaban J connectivity index is 2.07. The summed E-state index contributed by atoms with van der Waals surface area (Å²) in [7, 11) is -0.357. The molecule has 2 aromatic rings. The van der Waals surface area contributed by atoms with Gasteiger partial charge in [-0.1, -0.05) is 0 Å². The van der Waals surface area contributed by atoms with Gasteiger partial charge in [-0.3, -0.25) is 0 Å². The van der Waals surface area contributed by atoms with E-state index in [0.29, 0.717) is 6.54 Å². The first-order valence-corrected chi connectivity index (χ1v) is 8.02. The summed E-state index contributed by atoms with van der Waals surface area (Å²) in [6, 6.07) is 6.65. The van der Waals surface area contributed by atoms with E-state index in [9.17, 15) is 8.42 Å². The molecule has 0 aliphatic rings. The van der Waals surface area contributed by atoms with E-state index in [4.69, 9.17) is 0 Å². The van der Waals surface area contributed by atoms with Gasteiger partial charge in [-0.25, -0.2) is 12.7 Å². The summed E-state index contributed by atoms with van der Waals surface area (Å²) >= 11 is 0. The fourth-order valence-electron chi connectivity index (χ4n) is 1.82. The van der Waals surface area contributed by atoms with Crippen LogP contribution >= 0.6 is 0 Å². The van der Waals surface area contributed by atoms with Crippen molar-refractivity contribution in [2.24, 2.45) is 0 Å². The van der Waals surface area contributed by atoms with Crippen molar-refractivity contribution in [1.82, 2.24) is 19.1 Å². The molecule has 1 aromatic heterocycles. The number of nitrogens with one attached hydrogen (secondary N) is 1. The van der Waals surface area contributed by atoms with Gasteiger partial charge < -0.3 is 9.88 Å². The van der Waals surface area contributed by atoms with E-state index < -0.39 is 10.0 Å². The summed E-state index contributed by atoms with van der Waals surface area (Å²) in [6.45, 7) is 3.37. The first kappa shape index (κ1) is 15.5. The number of nitrogens with zero attached hydrogens (tertiary/aromatic N) is 4. The monoisotopic (exact) mass is 309 g/mol. The Bertz CT molecular complexity index is 692. The zero-order valence-corrected chi connectivity index (χ0v) is 13.1. The minimum Gasteiger partial charge on any atom is -0.378 e. The van der Waals surface area contributed by atoms with Gasteiger partial charge in [0, 0.05) is 26.3 Å². The summed E-state index contributed by atoms with van der Waals surface area (Å²) in [5, 5.41) is 11.1. The standard InChI is InChI=1S/C13H19N5O2S/c1-4-18-10-15-16-13(18)9-14-11-5-7-12(8-6-11)21(19,20)17(2)3/h5-8,10,14H,4,9H2,1-3H3. The van der Waals surface area contributed by atoms with Crippen LogP contribution in [0.15, 0.2) is 35.5 Å². The first-order chi connectivity index (χ1) is 9.95. The molecule has 114 valence electrons. The Kier molecular flexibility index (Phi) is 4.59. The van der Waals surface area contributed by atoms with Crippen molar-refractivity contribution in [3.05, 3.63) is 36.4 Å². The molecule has 0 radical (unpaired) electrons. The van der Waals surface area contributed by atoms with E-state index in [1.165, 1.54) is 18.4 Å². The highest BCUT2D eigenvalue weighted by Gasteiger charge is 2.16. The molecule has 21 heavy (non-hydrogen) atoms. The minimum absolute atomic E-state index is 0.273. The van der Waals surface area contributed by atoms with Crippen molar-refractivity contribution in [2.75, 3.05) is 19.4 Å². The average Bonchev–Trinajstić information content (AvgIpc) is 2.92. The van der Waals surface area contributed by atoms with Gasteiger partial charge in [0.05, 0.1) is 11.4 Å². The summed E-state index contributed by atoms with van der Waals surface area (Å²) in [4.78, 5) is 0.273. The Labute approximate surface area is 124 Å². The Morgan fingerprint density at radius 3 is 2.48 bits per heavy atom. The van der Waals surface area contributed by atoms with Crippen molar-refractivity contribution < 1.29 is 8.42 Å². The van der Waals surface area contributed by atoms with E-state index in [1.54, 1.807) is 30.6 Å². The number of hydrogen-bond donors (Lipinski definition) is 1. The molecule has 0 bridgehead atoms. The molecule has 0 amide bonds. The van der Waals surface area contributed by atoms with Crippen LogP contribution in [0.1, 0.15) is 12.7 Å². The SMILES string of the molecule is CCn1cnnc1CNc1ccc(S(=O)(=O)N(C)C)cc1. The molecule has 1 N–H and O–H groups in total. The molecule has 0 spiro atoms. The predicted molar refractivity (Wildman–Crippen MR) is 80.3 cm³/mol. The van der Waals surface area contributed by atoms with Crippen molar-refractivity contribution in [1.29, 1.82) is 0 Å². The molecule has 0 saturated carbocycles. The van der Waals surface area contributed by atoms with E-state index in [-0.39, 0.29) is 4.90 Å². The fraction of sp³-hybridized carbons (Fsp3) is 0.385. The van der Waals surface area contributed by atoms with Gasteiger partial charge in [-0.2, -0.15) is 0 Å². The normalized spacial score (nSPS) is 11.8. The zero-order chi connectivity index (χ0) is 15.5. The van der Waals surface area contributed by atoms with E-state index >= 15 is 0 Å². The van der Waals surface area contributed by atoms with E-state index in [2.05, 4.69) is 15.5 Å². The number of rotatable bonds is 6. The molecule has 0 saturated heterocycles. The van der Waals surface area contributed by atoms with Gasteiger partial charge in [-0.15, -0.1) is 10.2 Å². The summed E-state index contributed by atoms with van der Waals surface area (Å²) in [5.41, 5.74) is 0.832. The predicted octanol–water partition coefficient (Wildman–Crippen LogP) is 1.16. The maximum absolute atomic E-state index is 12.0. The van der Waals surface area contributed by atoms with Crippen LogP contribution in [0.25, 0.3) is 0 Å². The summed E-state index contributed by atoms with van der Waals surface area (Å²) in [6.07, 6.45) is 1.68. The van der Waals surface area contributed by atoms with Crippen LogP contribution in [0.5, 0.6) is 0 Å². The fourth-order valence-corrected chi connectivity index (χ4v) is 2.72. The van der Waals surface area contributed by atoms with Crippen LogP contribution in [-0.4, -0.2) is 41.6 Å². The lowest BCUT2D eigenvalue weighted by atomic mass is 10.3. The van der Waals surface area contributed by atoms with Crippen LogP contribution in [0.3, 0.4) is 0 Å². The lowest BCUT2D eigenvalue weighted by Crippen LogP contribution is -2.22. The second-order valence-electron chi connectivity index (χ2n) is 4.70. The van der Waals surface area contributed by atoms with Crippen molar-refractivity contribution in [2.45, 2.75) is 24.9 Å². The van der Waals surface area contributed by atoms with Crippen LogP contribution in [-0.2, 0) is 23.1 Å². The Morgan fingerprint density at radius 2 is 1.90 bits per heavy atom. The third-order valence-corrected chi connectivity index (χ3v) is 4.95. The molecule has 0 fully saturated rings. The maximum Gasteiger partial charge on any atom is 0.242 e. The average molecular weight is 309 g/mol. The highest BCUT2D eigenvalue weighted by molar-refractivity contribution is 7.89. The lowest BCUT2D eigenvalue weighted by molar-refractivity contribution is 0.521.